The number of rotatable bonds is 20. The predicted molar refractivity (Wildman–Crippen MR) is 241 cm³/mol. The Morgan fingerprint density at radius 2 is 1.24 bits per heavy atom. The summed E-state index contributed by atoms with van der Waals surface area (Å²) in [5, 5.41) is 8.97. The first-order valence-electron chi connectivity index (χ1n) is 19.9. The summed E-state index contributed by atoms with van der Waals surface area (Å²) < 4.78 is 69.5. The van der Waals surface area contributed by atoms with Crippen LogP contribution in [0.3, 0.4) is 0 Å². The molecular formula is C46H45N5O14S. The molecule has 0 saturated heterocycles. The molecule has 0 atom stereocenters. The van der Waals surface area contributed by atoms with E-state index in [4.69, 9.17) is 44.0 Å². The second-order valence-electron chi connectivity index (χ2n) is 14.2. The summed E-state index contributed by atoms with van der Waals surface area (Å²) in [7, 11) is 0.0595. The van der Waals surface area contributed by atoms with Gasteiger partial charge in [0.15, 0.2) is 16.9 Å². The fourth-order valence-electron chi connectivity index (χ4n) is 6.97. The fraction of sp³-hybridized carbons (Fsp3) is 0.217. The number of carbonyl (C=O) groups is 5. The van der Waals surface area contributed by atoms with Gasteiger partial charge in [-0.25, -0.2) is 8.42 Å². The highest BCUT2D eigenvalue weighted by Crippen LogP contribution is 2.44. The number of esters is 4. The summed E-state index contributed by atoms with van der Waals surface area (Å²) >= 11 is 0. The molecule has 0 radical (unpaired) electrons. The second-order valence-corrected chi connectivity index (χ2v) is 15.8. The number of nitrogens with two attached hydrogens (primary N) is 1. The number of nitrogen functional groups attached to an aromatic ring is 1. The van der Waals surface area contributed by atoms with Gasteiger partial charge in [0, 0.05) is 39.9 Å². The Balaban J connectivity index is 1.38. The third-order valence-corrected chi connectivity index (χ3v) is 11.5. The van der Waals surface area contributed by atoms with Crippen molar-refractivity contribution in [3.05, 3.63) is 108 Å². The molecule has 0 spiro atoms. The maximum absolute atomic E-state index is 14.6. The van der Waals surface area contributed by atoms with Crippen LogP contribution in [0.1, 0.15) is 10.4 Å². The van der Waals surface area contributed by atoms with Crippen molar-refractivity contribution in [3.8, 4) is 33.9 Å². The highest BCUT2D eigenvalue weighted by Gasteiger charge is 2.30. The number of anilines is 4. The number of fused-ring (bicyclic) bond motifs is 2. The lowest BCUT2D eigenvalue weighted by Crippen LogP contribution is -2.36. The van der Waals surface area contributed by atoms with E-state index in [1.807, 2.05) is 0 Å². The quantitative estimate of drug-likeness (QED) is 0.0235. The van der Waals surface area contributed by atoms with E-state index in [2.05, 4.69) is 4.72 Å². The van der Waals surface area contributed by atoms with Gasteiger partial charge in [0.1, 0.15) is 56.5 Å². The van der Waals surface area contributed by atoms with Crippen LogP contribution in [0.2, 0.25) is 0 Å². The summed E-state index contributed by atoms with van der Waals surface area (Å²) in [6, 6.07) is 25.2. The summed E-state index contributed by atoms with van der Waals surface area (Å²) in [5.41, 5.74) is 8.68. The van der Waals surface area contributed by atoms with Crippen LogP contribution in [0, 0.1) is 5.41 Å². The lowest BCUT2D eigenvalue weighted by atomic mass is 9.91. The molecule has 0 unspecified atom stereocenters. The SMILES string of the molecule is COC(=O)CN(CC(=O)OC)c1ccccc1OCCOc1cc(NS(=O)(=O)c2c3oc4cc(N)ccc4c(-c4ccccc4C=O)c-3ccc2=N)ccc1N(CC(=O)OC)CC(=O)OC. The summed E-state index contributed by atoms with van der Waals surface area (Å²) in [5.74, 6) is -2.64. The summed E-state index contributed by atoms with van der Waals surface area (Å²) in [6.45, 7) is -1.87. The van der Waals surface area contributed by atoms with Gasteiger partial charge in [0.2, 0.25) is 0 Å². The van der Waals surface area contributed by atoms with Gasteiger partial charge in [-0.05, 0) is 54.1 Å². The van der Waals surface area contributed by atoms with Crippen molar-refractivity contribution in [3.63, 3.8) is 0 Å². The van der Waals surface area contributed by atoms with E-state index in [0.29, 0.717) is 45.3 Å². The first kappa shape index (κ1) is 47.4. The van der Waals surface area contributed by atoms with Crippen molar-refractivity contribution < 1.29 is 65.2 Å². The zero-order chi connectivity index (χ0) is 47.5. The Labute approximate surface area is 378 Å². The topological polar surface area (TPSA) is 256 Å². The number of sulfonamides is 1. The number of hydrogen-bond acceptors (Lipinski definition) is 18. The number of aldehydes is 1. The number of ether oxygens (including phenoxy) is 6. The average Bonchev–Trinajstić information content (AvgIpc) is 3.31. The van der Waals surface area contributed by atoms with Crippen LogP contribution in [0.15, 0.2) is 106 Å². The molecule has 6 rings (SSSR count). The zero-order valence-corrected chi connectivity index (χ0v) is 37.0. The predicted octanol–water partition coefficient (Wildman–Crippen LogP) is 4.64. The molecule has 4 N–H and O–H groups in total. The van der Waals surface area contributed by atoms with Crippen molar-refractivity contribution >= 4 is 73.9 Å². The normalized spacial score (nSPS) is 11.0. The maximum Gasteiger partial charge on any atom is 0.325 e. The lowest BCUT2D eigenvalue weighted by molar-refractivity contribution is -0.141. The zero-order valence-electron chi connectivity index (χ0n) is 36.2. The molecule has 1 heterocycles. The molecule has 1 aliphatic heterocycles. The Morgan fingerprint density at radius 3 is 1.85 bits per heavy atom. The van der Waals surface area contributed by atoms with Gasteiger partial charge in [-0.3, -0.25) is 34.1 Å². The van der Waals surface area contributed by atoms with E-state index in [1.54, 1.807) is 66.7 Å². The van der Waals surface area contributed by atoms with E-state index in [9.17, 15) is 32.4 Å². The molecule has 0 fully saturated rings. The largest absolute Gasteiger partial charge is 0.488 e. The van der Waals surface area contributed by atoms with Gasteiger partial charge >= 0.3 is 23.9 Å². The molecule has 1 aliphatic carbocycles. The number of methoxy groups -OCH3 is 4. The fourth-order valence-corrected chi connectivity index (χ4v) is 8.26. The van der Waals surface area contributed by atoms with Gasteiger partial charge in [-0.1, -0.05) is 36.4 Å². The Morgan fingerprint density at radius 1 is 0.682 bits per heavy atom. The molecular weight excluding hydrogens is 879 g/mol. The first-order chi connectivity index (χ1) is 31.7. The van der Waals surface area contributed by atoms with Gasteiger partial charge in [0.25, 0.3) is 10.0 Å². The highest BCUT2D eigenvalue weighted by molar-refractivity contribution is 7.92. The molecule has 2 aliphatic rings. The van der Waals surface area contributed by atoms with Crippen molar-refractivity contribution in [2.45, 2.75) is 4.90 Å². The number of para-hydroxylation sites is 2. The maximum atomic E-state index is 14.6. The smallest absolute Gasteiger partial charge is 0.325 e. The minimum absolute atomic E-state index is 0.0270. The third-order valence-electron chi connectivity index (χ3n) is 10.0. The van der Waals surface area contributed by atoms with Crippen LogP contribution in [0.4, 0.5) is 22.7 Å². The molecule has 344 valence electrons. The number of nitrogens with zero attached hydrogens (tertiary/aromatic N) is 2. The van der Waals surface area contributed by atoms with Gasteiger partial charge < -0.3 is 48.4 Å². The number of benzene rings is 5. The van der Waals surface area contributed by atoms with Crippen molar-refractivity contribution in [2.24, 2.45) is 0 Å². The van der Waals surface area contributed by atoms with E-state index in [1.165, 1.54) is 68.6 Å². The number of hydrogen-bond donors (Lipinski definition) is 3. The minimum Gasteiger partial charge on any atom is -0.488 e. The number of nitrogens with one attached hydrogen (secondary N) is 2. The van der Waals surface area contributed by atoms with Gasteiger partial charge in [-0.2, -0.15) is 0 Å². The Hall–Kier alpha value is -8.13. The number of carbonyl (C=O) groups excluding carboxylic acids is 5. The van der Waals surface area contributed by atoms with Crippen LogP contribution in [-0.2, 0) is 48.1 Å². The monoisotopic (exact) mass is 923 g/mol. The van der Waals surface area contributed by atoms with Crippen molar-refractivity contribution in [1.29, 1.82) is 5.41 Å². The lowest BCUT2D eigenvalue weighted by Gasteiger charge is -2.26. The molecule has 0 amide bonds. The van der Waals surface area contributed by atoms with Gasteiger partial charge in [0.05, 0.1) is 50.9 Å². The molecule has 4 aromatic rings. The van der Waals surface area contributed by atoms with Crippen molar-refractivity contribution in [2.75, 3.05) is 88.1 Å². The molecule has 20 heteroatoms. The Bertz CT molecular complexity index is 2900. The summed E-state index contributed by atoms with van der Waals surface area (Å²) in [4.78, 5) is 64.1. The first-order valence-corrected chi connectivity index (χ1v) is 21.4. The van der Waals surface area contributed by atoms with E-state index in [-0.39, 0.29) is 60.5 Å². The van der Waals surface area contributed by atoms with Crippen LogP contribution >= 0.6 is 0 Å². The van der Waals surface area contributed by atoms with Crippen molar-refractivity contribution in [1.82, 2.24) is 0 Å². The van der Waals surface area contributed by atoms with Crippen LogP contribution in [0.5, 0.6) is 11.5 Å². The van der Waals surface area contributed by atoms with E-state index >= 15 is 0 Å². The van der Waals surface area contributed by atoms with Gasteiger partial charge in [-0.15, -0.1) is 0 Å². The van der Waals surface area contributed by atoms with Crippen LogP contribution in [-0.4, -0.2) is 106 Å². The standard InChI is InChI=1S/C46H45N5O14S/c1-59-40(53)23-50(24-41(54)60-2)35-11-7-8-12-37(35)63-19-20-64-39-22-30(14-18-36(39)51(25-42(55)61-3)26-43(56)62-4)49-66(57,58)46-34(48)17-16-33-44(31-10-6-5-9-28(31)27-52)32-15-13-29(47)21-38(32)65-45(33)46/h5-18,21-22,27,48-49H,19-20,23-26,47H2,1-4H3. The highest BCUT2D eigenvalue weighted by atomic mass is 32.2. The van der Waals surface area contributed by atoms with E-state index in [0.717, 1.165) is 0 Å². The molecule has 66 heavy (non-hydrogen) atoms. The van der Waals surface area contributed by atoms with Crippen LogP contribution < -0.4 is 35.1 Å². The Kier molecular flexibility index (Phi) is 15.1. The summed E-state index contributed by atoms with van der Waals surface area (Å²) in [6.07, 6.45) is 0.688. The minimum atomic E-state index is -4.70. The second kappa shape index (κ2) is 21.0. The molecule has 19 nitrogen and oxygen atoms in total. The average molecular weight is 924 g/mol. The third kappa shape index (κ3) is 10.8. The molecule has 0 bridgehead atoms. The molecule has 4 aromatic carbocycles. The van der Waals surface area contributed by atoms with Crippen LogP contribution in [0.25, 0.3) is 33.4 Å². The van der Waals surface area contributed by atoms with E-state index < -0.39 is 57.2 Å². The molecule has 0 aromatic heterocycles. The molecule has 0 saturated carbocycles.